The van der Waals surface area contributed by atoms with Crippen LogP contribution in [0.4, 0.5) is 0 Å². The second-order valence-electron chi connectivity index (χ2n) is 17.9. The third kappa shape index (κ3) is 9.21. The van der Waals surface area contributed by atoms with Gasteiger partial charge >= 0.3 is 17.9 Å². The van der Waals surface area contributed by atoms with E-state index in [4.69, 9.17) is 18.9 Å². The Morgan fingerprint density at radius 2 is 1.00 bits per heavy atom. The molecule has 0 aromatic heterocycles. The van der Waals surface area contributed by atoms with Crippen LogP contribution in [0.1, 0.15) is 122 Å². The Labute approximate surface area is 277 Å². The lowest BCUT2D eigenvalue weighted by molar-refractivity contribution is -0.199. The van der Waals surface area contributed by atoms with E-state index in [0.717, 1.165) is 12.8 Å². The van der Waals surface area contributed by atoms with E-state index in [-0.39, 0.29) is 79.0 Å². The number of hydrogen-bond acceptors (Lipinski definition) is 11. The van der Waals surface area contributed by atoms with Gasteiger partial charge in [-0.1, -0.05) is 0 Å². The van der Waals surface area contributed by atoms with Crippen LogP contribution in [0.15, 0.2) is 0 Å². The molecule has 0 amide bonds. The van der Waals surface area contributed by atoms with Crippen molar-refractivity contribution in [2.45, 2.75) is 160 Å². The summed E-state index contributed by atoms with van der Waals surface area (Å²) < 4.78 is 23.1. The van der Waals surface area contributed by atoms with Gasteiger partial charge in [-0.2, -0.15) is 5.06 Å². The van der Waals surface area contributed by atoms with E-state index in [0.29, 0.717) is 6.42 Å². The summed E-state index contributed by atoms with van der Waals surface area (Å²) in [6.45, 7) is 25.1. The molecular formula is C35H63N3O8. The fourth-order valence-corrected chi connectivity index (χ4v) is 8.41. The largest absolute Gasteiger partial charge is 0.465 e. The number of hydrogen-bond donors (Lipinski definition) is 3. The Kier molecular flexibility index (Phi) is 11.1. The van der Waals surface area contributed by atoms with Crippen LogP contribution < -0.4 is 10.6 Å². The second kappa shape index (κ2) is 13.3. The number of esters is 3. The van der Waals surface area contributed by atoms with Crippen LogP contribution in [-0.4, -0.2) is 93.9 Å². The van der Waals surface area contributed by atoms with Crippen LogP contribution in [0.3, 0.4) is 0 Å². The van der Waals surface area contributed by atoms with Crippen molar-refractivity contribution in [3.8, 4) is 0 Å². The van der Waals surface area contributed by atoms with Gasteiger partial charge in [0.2, 0.25) is 0 Å². The molecular weight excluding hydrogens is 590 g/mol. The fraction of sp³-hybridized carbons (Fsp3) is 0.914. The monoisotopic (exact) mass is 653 g/mol. The molecule has 0 radical (unpaired) electrons. The highest BCUT2D eigenvalue weighted by Gasteiger charge is 2.52. The molecule has 11 heteroatoms. The molecule has 3 heterocycles. The first-order chi connectivity index (χ1) is 20.7. The highest BCUT2D eigenvalue weighted by atomic mass is 16.6. The van der Waals surface area contributed by atoms with E-state index in [1.807, 2.05) is 27.7 Å². The van der Waals surface area contributed by atoms with E-state index in [2.05, 4.69) is 66.0 Å². The molecule has 3 unspecified atom stereocenters. The lowest BCUT2D eigenvalue weighted by atomic mass is 9.87. The lowest BCUT2D eigenvalue weighted by Gasteiger charge is -2.36. The molecule has 0 spiro atoms. The minimum atomic E-state index is -1.51. The summed E-state index contributed by atoms with van der Waals surface area (Å²) in [5, 5.41) is 19.2. The fourth-order valence-electron chi connectivity index (χ4n) is 8.41. The number of nitrogens with zero attached hydrogens (tertiary/aromatic N) is 1. The van der Waals surface area contributed by atoms with Gasteiger partial charge in [0.25, 0.3) is 0 Å². The molecule has 3 atom stereocenters. The van der Waals surface area contributed by atoms with Crippen LogP contribution in [0.25, 0.3) is 0 Å². The van der Waals surface area contributed by atoms with Crippen LogP contribution in [0, 0.1) is 17.8 Å². The van der Waals surface area contributed by atoms with Crippen LogP contribution in [-0.2, 0) is 33.3 Å². The molecule has 11 nitrogen and oxygen atoms in total. The first kappa shape index (κ1) is 38.7. The molecule has 0 aliphatic carbocycles. The highest BCUT2D eigenvalue weighted by Crippen LogP contribution is 2.44. The van der Waals surface area contributed by atoms with E-state index < -0.39 is 34.6 Å². The average molecular weight is 654 g/mol. The van der Waals surface area contributed by atoms with E-state index >= 15 is 0 Å². The highest BCUT2D eigenvalue weighted by molar-refractivity contribution is 5.79. The van der Waals surface area contributed by atoms with E-state index in [9.17, 15) is 19.6 Å². The van der Waals surface area contributed by atoms with Crippen molar-refractivity contribution in [3.05, 3.63) is 0 Å². The summed E-state index contributed by atoms with van der Waals surface area (Å²) in [7, 11) is 1.39. The molecule has 3 N–H and O–H groups in total. The molecule has 0 saturated carbocycles. The Morgan fingerprint density at radius 1 is 0.652 bits per heavy atom. The molecule has 0 bridgehead atoms. The number of hydroxylamine groups is 2. The normalized spacial score (nSPS) is 30.0. The van der Waals surface area contributed by atoms with Gasteiger partial charge in [-0.15, -0.1) is 0 Å². The Hall–Kier alpha value is -1.79. The van der Waals surface area contributed by atoms with Crippen molar-refractivity contribution in [3.63, 3.8) is 0 Å². The lowest BCUT2D eigenvalue weighted by Crippen LogP contribution is -2.48. The summed E-state index contributed by atoms with van der Waals surface area (Å²) in [6.07, 6.45) is 1.35. The molecule has 3 aliphatic rings. The predicted molar refractivity (Wildman–Crippen MR) is 175 cm³/mol. The van der Waals surface area contributed by atoms with Crippen molar-refractivity contribution in [2.24, 2.45) is 17.8 Å². The van der Waals surface area contributed by atoms with Crippen molar-refractivity contribution >= 4 is 17.9 Å². The summed E-state index contributed by atoms with van der Waals surface area (Å²) in [5.74, 6) is -1.64. The minimum absolute atomic E-state index is 0.0834. The van der Waals surface area contributed by atoms with Crippen molar-refractivity contribution in [1.29, 1.82) is 0 Å². The van der Waals surface area contributed by atoms with Crippen molar-refractivity contribution < 1.29 is 38.5 Å². The van der Waals surface area contributed by atoms with Gasteiger partial charge in [0.1, 0.15) is 0 Å². The molecule has 3 fully saturated rings. The summed E-state index contributed by atoms with van der Waals surface area (Å²) in [5.41, 5.74) is -3.20. The van der Waals surface area contributed by atoms with Crippen molar-refractivity contribution in [2.75, 3.05) is 26.9 Å². The standard InChI is InChI=1S/C35H63N3O8/c1-29(2)14-23(32(7,8)36-29)20-44-26(39)17-35(43-13,18-27(40)45-21-24-15-30(3,4)37-33(24,9)10)19-28(41)46-22-25-16-31(5,6)38(42)34(25,11)12/h23-25,36-37,42H,14-22H2,1-13H3. The van der Waals surface area contributed by atoms with Gasteiger partial charge in [-0.3, -0.25) is 14.4 Å². The molecule has 266 valence electrons. The maximum atomic E-state index is 13.3. The zero-order valence-corrected chi connectivity index (χ0v) is 30.8. The number of rotatable bonds is 13. The molecule has 0 aromatic rings. The maximum absolute atomic E-state index is 13.3. The van der Waals surface area contributed by atoms with E-state index in [1.54, 1.807) is 0 Å². The molecule has 46 heavy (non-hydrogen) atoms. The summed E-state index contributed by atoms with van der Waals surface area (Å²) in [4.78, 5) is 40.0. The third-order valence-corrected chi connectivity index (χ3v) is 10.9. The minimum Gasteiger partial charge on any atom is -0.465 e. The van der Waals surface area contributed by atoms with Gasteiger partial charge in [0.05, 0.1) is 44.7 Å². The predicted octanol–water partition coefficient (Wildman–Crippen LogP) is 4.77. The van der Waals surface area contributed by atoms with Gasteiger partial charge in [0.15, 0.2) is 0 Å². The Balaban J connectivity index is 1.70. The zero-order valence-electron chi connectivity index (χ0n) is 30.8. The van der Waals surface area contributed by atoms with Gasteiger partial charge in [-0.25, -0.2) is 0 Å². The molecule has 0 aromatic carbocycles. The zero-order chi connectivity index (χ0) is 35.1. The van der Waals surface area contributed by atoms with Gasteiger partial charge < -0.3 is 34.8 Å². The third-order valence-electron chi connectivity index (χ3n) is 10.9. The van der Waals surface area contributed by atoms with E-state index in [1.165, 1.54) is 12.2 Å². The van der Waals surface area contributed by atoms with Crippen LogP contribution >= 0.6 is 0 Å². The first-order valence-corrected chi connectivity index (χ1v) is 16.8. The molecule has 3 aliphatic heterocycles. The smallest absolute Gasteiger partial charge is 0.308 e. The maximum Gasteiger partial charge on any atom is 0.308 e. The molecule has 3 saturated heterocycles. The number of nitrogens with one attached hydrogen (secondary N) is 2. The number of methoxy groups -OCH3 is 1. The van der Waals surface area contributed by atoms with Gasteiger partial charge in [-0.05, 0) is 102 Å². The average Bonchev–Trinajstić information content (AvgIpc) is 3.31. The quantitative estimate of drug-likeness (QED) is 0.187. The topological polar surface area (TPSA) is 136 Å². The summed E-state index contributed by atoms with van der Waals surface area (Å²) >= 11 is 0. The van der Waals surface area contributed by atoms with Gasteiger partial charge in [0, 0.05) is 58.1 Å². The number of carbonyl (C=O) groups excluding carboxylic acids is 3. The van der Waals surface area contributed by atoms with Crippen LogP contribution in [0.2, 0.25) is 0 Å². The number of carbonyl (C=O) groups is 3. The summed E-state index contributed by atoms with van der Waals surface area (Å²) in [6, 6.07) is 0. The Bertz CT molecular complexity index is 1070. The first-order valence-electron chi connectivity index (χ1n) is 16.8. The number of ether oxygens (including phenoxy) is 4. The van der Waals surface area contributed by atoms with Crippen molar-refractivity contribution in [1.82, 2.24) is 15.7 Å². The SMILES string of the molecule is COC(CC(=O)OCC1CC(C)(C)NC1(C)C)(CC(=O)OCC1CC(C)(C)NC1(C)C)CC(=O)OCC1CC(C)(C)N(O)C1(C)C. The molecule has 3 rings (SSSR count). The Morgan fingerprint density at radius 3 is 1.26 bits per heavy atom. The van der Waals surface area contributed by atoms with Crippen LogP contribution in [0.5, 0.6) is 0 Å². The second-order valence-corrected chi connectivity index (χ2v) is 17.9.